The predicted octanol–water partition coefficient (Wildman–Crippen LogP) is 1.33. The number of hydrogen-bond donors (Lipinski definition) is 1. The fraction of sp³-hybridized carbons (Fsp3) is 0.0769. The van der Waals surface area contributed by atoms with Gasteiger partial charge in [-0.2, -0.15) is 0 Å². The van der Waals surface area contributed by atoms with Crippen molar-refractivity contribution < 1.29 is 12.8 Å². The van der Waals surface area contributed by atoms with Crippen LogP contribution >= 0.6 is 0 Å². The Labute approximate surface area is 119 Å². The molecule has 0 saturated heterocycles. The lowest BCUT2D eigenvalue weighted by atomic mass is 10.3. The first kappa shape index (κ1) is 13.4. The third kappa shape index (κ3) is 2.40. The van der Waals surface area contributed by atoms with E-state index in [9.17, 15) is 13.2 Å². The van der Waals surface area contributed by atoms with Crippen LogP contribution in [0.4, 0.5) is 5.82 Å². The summed E-state index contributed by atoms with van der Waals surface area (Å²) in [6, 6.07) is 9.11. The molecule has 1 N–H and O–H groups in total. The van der Waals surface area contributed by atoms with Gasteiger partial charge in [0.2, 0.25) is 0 Å². The van der Waals surface area contributed by atoms with Crippen LogP contribution < -0.4 is 10.5 Å². The maximum Gasteiger partial charge on any atom is 0.419 e. The molecule has 21 heavy (non-hydrogen) atoms. The zero-order valence-electron chi connectivity index (χ0n) is 11.0. The third-order valence-corrected chi connectivity index (χ3v) is 4.33. The van der Waals surface area contributed by atoms with Crippen LogP contribution in [-0.2, 0) is 17.1 Å². The molecule has 8 heteroatoms. The van der Waals surface area contributed by atoms with Gasteiger partial charge < -0.3 is 4.42 Å². The Morgan fingerprint density at radius 3 is 2.76 bits per heavy atom. The highest BCUT2D eigenvalue weighted by atomic mass is 32.2. The first-order chi connectivity index (χ1) is 9.97. The zero-order valence-corrected chi connectivity index (χ0v) is 11.8. The smallest absolute Gasteiger partial charge is 0.408 e. The number of pyridine rings is 1. The fourth-order valence-electron chi connectivity index (χ4n) is 1.89. The predicted molar refractivity (Wildman–Crippen MR) is 76.5 cm³/mol. The minimum atomic E-state index is -3.78. The highest BCUT2D eigenvalue weighted by Crippen LogP contribution is 2.19. The van der Waals surface area contributed by atoms with Crippen LogP contribution in [0.1, 0.15) is 0 Å². The van der Waals surface area contributed by atoms with Gasteiger partial charge in [0.05, 0.1) is 10.4 Å². The second kappa shape index (κ2) is 4.74. The Bertz CT molecular complexity index is 958. The van der Waals surface area contributed by atoms with E-state index in [1.807, 2.05) is 0 Å². The van der Waals surface area contributed by atoms with Gasteiger partial charge in [0.1, 0.15) is 5.82 Å². The van der Waals surface area contributed by atoms with Crippen molar-refractivity contribution in [1.29, 1.82) is 0 Å². The highest BCUT2D eigenvalue weighted by molar-refractivity contribution is 7.92. The number of hydrogen-bond acceptors (Lipinski definition) is 5. The Balaban J connectivity index is 2.06. The van der Waals surface area contributed by atoms with Crippen LogP contribution in [0.15, 0.2) is 56.7 Å². The van der Waals surface area contributed by atoms with Gasteiger partial charge >= 0.3 is 5.76 Å². The van der Waals surface area contributed by atoms with Gasteiger partial charge in [-0.25, -0.2) is 18.2 Å². The summed E-state index contributed by atoms with van der Waals surface area (Å²) in [4.78, 5) is 15.3. The van der Waals surface area contributed by atoms with Gasteiger partial charge in [-0.3, -0.25) is 9.29 Å². The van der Waals surface area contributed by atoms with Gasteiger partial charge in [-0.15, -0.1) is 0 Å². The quantitative estimate of drug-likeness (QED) is 0.787. The average Bonchev–Trinajstić information content (AvgIpc) is 2.74. The molecular formula is C13H11N3O4S. The number of aryl methyl sites for hydroxylation is 1. The summed E-state index contributed by atoms with van der Waals surface area (Å²) in [7, 11) is -2.27. The van der Waals surface area contributed by atoms with E-state index < -0.39 is 15.8 Å². The van der Waals surface area contributed by atoms with E-state index in [0.29, 0.717) is 11.1 Å². The molecule has 0 aliphatic rings. The molecule has 0 saturated carbocycles. The molecule has 0 aliphatic heterocycles. The molecule has 3 aromatic rings. The summed E-state index contributed by atoms with van der Waals surface area (Å²) in [6.45, 7) is 0. The molecule has 0 radical (unpaired) electrons. The van der Waals surface area contributed by atoms with Crippen molar-refractivity contribution in [1.82, 2.24) is 9.55 Å². The van der Waals surface area contributed by atoms with Crippen molar-refractivity contribution in [3.63, 3.8) is 0 Å². The van der Waals surface area contributed by atoms with Crippen LogP contribution in [0.3, 0.4) is 0 Å². The van der Waals surface area contributed by atoms with Crippen molar-refractivity contribution >= 4 is 26.9 Å². The lowest BCUT2D eigenvalue weighted by Gasteiger charge is -2.07. The number of aromatic nitrogens is 2. The SMILES string of the molecule is Cn1c(=O)oc2ccc(S(=O)(=O)Nc3ccccn3)cc21. The summed E-state index contributed by atoms with van der Waals surface area (Å²) in [5.41, 5.74) is 0.739. The zero-order chi connectivity index (χ0) is 15.0. The number of rotatable bonds is 3. The Morgan fingerprint density at radius 2 is 2.05 bits per heavy atom. The first-order valence-electron chi connectivity index (χ1n) is 6.01. The van der Waals surface area contributed by atoms with E-state index in [2.05, 4.69) is 9.71 Å². The second-order valence-electron chi connectivity index (χ2n) is 4.38. The topological polar surface area (TPSA) is 94.2 Å². The maximum atomic E-state index is 12.3. The van der Waals surface area contributed by atoms with E-state index in [-0.39, 0.29) is 10.7 Å². The summed E-state index contributed by atoms with van der Waals surface area (Å²) < 4.78 is 33.2. The van der Waals surface area contributed by atoms with Gasteiger partial charge in [0.15, 0.2) is 5.58 Å². The average molecular weight is 305 g/mol. The molecule has 7 nitrogen and oxygen atoms in total. The number of sulfonamides is 1. The van der Waals surface area contributed by atoms with Gasteiger partial charge in [0, 0.05) is 13.2 Å². The number of anilines is 1. The molecule has 0 fully saturated rings. The maximum absolute atomic E-state index is 12.3. The van der Waals surface area contributed by atoms with Gasteiger partial charge in [-0.05, 0) is 30.3 Å². The van der Waals surface area contributed by atoms with E-state index in [1.165, 1.54) is 36.0 Å². The summed E-state index contributed by atoms with van der Waals surface area (Å²) in [5, 5.41) is 0. The van der Waals surface area contributed by atoms with Crippen molar-refractivity contribution in [2.45, 2.75) is 4.90 Å². The number of benzene rings is 1. The van der Waals surface area contributed by atoms with Gasteiger partial charge in [-0.1, -0.05) is 6.07 Å². The van der Waals surface area contributed by atoms with Crippen LogP contribution in [0.5, 0.6) is 0 Å². The molecule has 1 aromatic carbocycles. The molecule has 3 rings (SSSR count). The molecule has 0 bridgehead atoms. The molecule has 0 amide bonds. The minimum Gasteiger partial charge on any atom is -0.408 e. The first-order valence-corrected chi connectivity index (χ1v) is 7.49. The Morgan fingerprint density at radius 1 is 1.24 bits per heavy atom. The van der Waals surface area contributed by atoms with Crippen LogP contribution in [0.2, 0.25) is 0 Å². The Kier molecular flexibility index (Phi) is 3.02. The standard InChI is InChI=1S/C13H11N3O4S/c1-16-10-8-9(5-6-11(10)20-13(16)17)21(18,19)15-12-4-2-3-7-14-12/h2-8H,1H3,(H,14,15). The summed E-state index contributed by atoms with van der Waals surface area (Å²) in [5.74, 6) is -0.323. The lowest BCUT2D eigenvalue weighted by molar-refractivity contribution is 0.528. The molecule has 0 unspecified atom stereocenters. The Hall–Kier alpha value is -2.61. The lowest BCUT2D eigenvalue weighted by Crippen LogP contribution is -2.14. The third-order valence-electron chi connectivity index (χ3n) is 2.98. The summed E-state index contributed by atoms with van der Waals surface area (Å²) >= 11 is 0. The largest absolute Gasteiger partial charge is 0.419 e. The van der Waals surface area contributed by atoms with Crippen LogP contribution in [-0.4, -0.2) is 18.0 Å². The molecular weight excluding hydrogens is 294 g/mol. The number of nitrogens with one attached hydrogen (secondary N) is 1. The van der Waals surface area contributed by atoms with E-state index in [4.69, 9.17) is 4.42 Å². The monoisotopic (exact) mass is 305 g/mol. The van der Waals surface area contributed by atoms with E-state index >= 15 is 0 Å². The molecule has 0 aliphatic carbocycles. The van der Waals surface area contributed by atoms with Crippen LogP contribution in [0.25, 0.3) is 11.1 Å². The molecule has 2 heterocycles. The second-order valence-corrected chi connectivity index (χ2v) is 6.06. The minimum absolute atomic E-state index is 0.0250. The van der Waals surface area contributed by atoms with E-state index in [0.717, 1.165) is 0 Å². The van der Waals surface area contributed by atoms with Crippen molar-refractivity contribution in [3.05, 3.63) is 53.1 Å². The van der Waals surface area contributed by atoms with Crippen molar-refractivity contribution in [2.24, 2.45) is 7.05 Å². The van der Waals surface area contributed by atoms with E-state index in [1.54, 1.807) is 18.2 Å². The molecule has 108 valence electrons. The van der Waals surface area contributed by atoms with Crippen molar-refractivity contribution in [3.8, 4) is 0 Å². The normalized spacial score (nSPS) is 11.7. The number of fused-ring (bicyclic) bond motifs is 1. The van der Waals surface area contributed by atoms with Crippen LogP contribution in [0, 0.1) is 0 Å². The number of nitrogens with zero attached hydrogens (tertiary/aromatic N) is 2. The molecule has 0 spiro atoms. The molecule has 0 atom stereocenters. The fourth-order valence-corrected chi connectivity index (χ4v) is 2.92. The number of oxazole rings is 1. The van der Waals surface area contributed by atoms with Gasteiger partial charge in [0.25, 0.3) is 10.0 Å². The molecule has 2 aromatic heterocycles. The van der Waals surface area contributed by atoms with Crippen molar-refractivity contribution in [2.75, 3.05) is 4.72 Å². The highest BCUT2D eigenvalue weighted by Gasteiger charge is 2.17. The summed E-state index contributed by atoms with van der Waals surface area (Å²) in [6.07, 6.45) is 1.49.